The standard InChI is InChI=1S/C17H26N2O2/c20-17(8-7-15-9-11-18-13-15)19-10-4-12-21-14-16-5-2-1-3-6-16/h1-3,5-6,15,18H,4,7-14H2,(H,19,20). The van der Waals surface area contributed by atoms with E-state index in [4.69, 9.17) is 4.74 Å². The van der Waals surface area contributed by atoms with Crippen molar-refractivity contribution in [3.63, 3.8) is 0 Å². The lowest BCUT2D eigenvalue weighted by molar-refractivity contribution is -0.121. The minimum atomic E-state index is 0.171. The number of benzene rings is 1. The summed E-state index contributed by atoms with van der Waals surface area (Å²) in [5.74, 6) is 0.856. The van der Waals surface area contributed by atoms with Crippen LogP contribution in [0.2, 0.25) is 0 Å². The van der Waals surface area contributed by atoms with Crippen LogP contribution in [-0.2, 0) is 16.1 Å². The zero-order valence-electron chi connectivity index (χ0n) is 12.6. The molecule has 1 aliphatic rings. The Kier molecular flexibility index (Phi) is 7.25. The summed E-state index contributed by atoms with van der Waals surface area (Å²) >= 11 is 0. The monoisotopic (exact) mass is 290 g/mol. The summed E-state index contributed by atoms with van der Waals surface area (Å²) in [6.45, 7) is 4.20. The number of ether oxygens (including phenoxy) is 1. The number of carbonyl (C=O) groups is 1. The third-order valence-corrected chi connectivity index (χ3v) is 3.84. The Morgan fingerprint density at radius 1 is 1.33 bits per heavy atom. The van der Waals surface area contributed by atoms with E-state index in [2.05, 4.69) is 22.8 Å². The summed E-state index contributed by atoms with van der Waals surface area (Å²) in [5.41, 5.74) is 1.19. The Morgan fingerprint density at radius 3 is 2.95 bits per heavy atom. The first kappa shape index (κ1) is 16.0. The van der Waals surface area contributed by atoms with Crippen molar-refractivity contribution in [1.82, 2.24) is 10.6 Å². The van der Waals surface area contributed by atoms with Gasteiger partial charge >= 0.3 is 0 Å². The molecule has 1 saturated heterocycles. The molecule has 2 N–H and O–H groups in total. The van der Waals surface area contributed by atoms with E-state index in [0.717, 1.165) is 25.9 Å². The third-order valence-electron chi connectivity index (χ3n) is 3.84. The van der Waals surface area contributed by atoms with Crippen molar-refractivity contribution in [3.05, 3.63) is 35.9 Å². The maximum absolute atomic E-state index is 11.7. The molecule has 1 heterocycles. The van der Waals surface area contributed by atoms with Crippen LogP contribution >= 0.6 is 0 Å². The molecule has 1 atom stereocenters. The van der Waals surface area contributed by atoms with Crippen molar-refractivity contribution in [2.24, 2.45) is 5.92 Å². The molecule has 4 heteroatoms. The molecule has 1 aromatic carbocycles. The number of rotatable bonds is 9. The second-order valence-corrected chi connectivity index (χ2v) is 5.64. The summed E-state index contributed by atoms with van der Waals surface area (Å²) in [5, 5.41) is 6.29. The Balaban J connectivity index is 1.43. The molecule has 0 aliphatic carbocycles. The molecule has 0 saturated carbocycles. The minimum Gasteiger partial charge on any atom is -0.377 e. The number of carbonyl (C=O) groups excluding carboxylic acids is 1. The smallest absolute Gasteiger partial charge is 0.220 e. The second kappa shape index (κ2) is 9.53. The van der Waals surface area contributed by atoms with Crippen molar-refractivity contribution < 1.29 is 9.53 Å². The Hall–Kier alpha value is -1.39. The lowest BCUT2D eigenvalue weighted by atomic mass is 10.0. The van der Waals surface area contributed by atoms with Gasteiger partial charge in [-0.15, -0.1) is 0 Å². The van der Waals surface area contributed by atoms with Gasteiger partial charge in [-0.3, -0.25) is 4.79 Å². The second-order valence-electron chi connectivity index (χ2n) is 5.64. The maximum Gasteiger partial charge on any atom is 0.220 e. The van der Waals surface area contributed by atoms with Crippen LogP contribution in [0.1, 0.15) is 31.2 Å². The largest absolute Gasteiger partial charge is 0.377 e. The molecule has 4 nitrogen and oxygen atoms in total. The zero-order valence-corrected chi connectivity index (χ0v) is 12.6. The van der Waals surface area contributed by atoms with Crippen molar-refractivity contribution in [2.75, 3.05) is 26.2 Å². The van der Waals surface area contributed by atoms with Crippen molar-refractivity contribution in [2.45, 2.75) is 32.3 Å². The minimum absolute atomic E-state index is 0.171. The van der Waals surface area contributed by atoms with Gasteiger partial charge in [-0.1, -0.05) is 30.3 Å². The van der Waals surface area contributed by atoms with Crippen molar-refractivity contribution in [3.8, 4) is 0 Å². The van der Waals surface area contributed by atoms with Crippen LogP contribution in [0.5, 0.6) is 0 Å². The molecule has 1 aromatic rings. The fourth-order valence-corrected chi connectivity index (χ4v) is 2.55. The van der Waals surface area contributed by atoms with E-state index < -0.39 is 0 Å². The highest BCUT2D eigenvalue weighted by Gasteiger charge is 2.15. The first-order chi connectivity index (χ1) is 10.3. The average Bonchev–Trinajstić information content (AvgIpc) is 3.03. The Bertz CT molecular complexity index is 403. The van der Waals surface area contributed by atoms with Gasteiger partial charge in [0.15, 0.2) is 0 Å². The molecule has 1 amide bonds. The van der Waals surface area contributed by atoms with Gasteiger partial charge in [0.25, 0.3) is 0 Å². The van der Waals surface area contributed by atoms with E-state index in [9.17, 15) is 4.79 Å². The van der Waals surface area contributed by atoms with Crippen LogP contribution in [0.4, 0.5) is 0 Å². The first-order valence-corrected chi connectivity index (χ1v) is 7.93. The van der Waals surface area contributed by atoms with Gasteiger partial charge < -0.3 is 15.4 Å². The van der Waals surface area contributed by atoms with E-state index in [0.29, 0.717) is 32.1 Å². The molecule has 0 radical (unpaired) electrons. The summed E-state index contributed by atoms with van der Waals surface area (Å²) in [6, 6.07) is 10.1. The van der Waals surface area contributed by atoms with Crippen LogP contribution in [0.3, 0.4) is 0 Å². The van der Waals surface area contributed by atoms with Gasteiger partial charge in [-0.25, -0.2) is 0 Å². The predicted octanol–water partition coefficient (Wildman–Crippen LogP) is 2.10. The van der Waals surface area contributed by atoms with E-state index in [1.54, 1.807) is 0 Å². The molecule has 116 valence electrons. The molecule has 0 spiro atoms. The summed E-state index contributed by atoms with van der Waals surface area (Å²) in [7, 11) is 0. The first-order valence-electron chi connectivity index (χ1n) is 7.93. The van der Waals surface area contributed by atoms with Crippen molar-refractivity contribution >= 4 is 5.91 Å². The van der Waals surface area contributed by atoms with Gasteiger partial charge in [-0.05, 0) is 43.8 Å². The zero-order chi connectivity index (χ0) is 14.8. The molecule has 0 aromatic heterocycles. The highest BCUT2D eigenvalue weighted by Crippen LogP contribution is 2.13. The van der Waals surface area contributed by atoms with Gasteiger partial charge in [-0.2, -0.15) is 0 Å². The number of hydrogen-bond acceptors (Lipinski definition) is 3. The van der Waals surface area contributed by atoms with E-state index in [1.165, 1.54) is 12.0 Å². The molecule has 1 aliphatic heterocycles. The molecule has 1 fully saturated rings. The van der Waals surface area contributed by atoms with Gasteiger partial charge in [0.1, 0.15) is 0 Å². The molecule has 2 rings (SSSR count). The van der Waals surface area contributed by atoms with Crippen LogP contribution in [0.25, 0.3) is 0 Å². The lowest BCUT2D eigenvalue weighted by Gasteiger charge is -2.09. The fourth-order valence-electron chi connectivity index (χ4n) is 2.55. The summed E-state index contributed by atoms with van der Waals surface area (Å²) in [4.78, 5) is 11.7. The topological polar surface area (TPSA) is 50.4 Å². The van der Waals surface area contributed by atoms with Crippen LogP contribution in [0.15, 0.2) is 30.3 Å². The van der Waals surface area contributed by atoms with Crippen molar-refractivity contribution in [1.29, 1.82) is 0 Å². The SMILES string of the molecule is O=C(CCC1CCNC1)NCCCOCc1ccccc1. The van der Waals surface area contributed by atoms with Crippen LogP contribution < -0.4 is 10.6 Å². The van der Waals surface area contributed by atoms with Gasteiger partial charge in [0.2, 0.25) is 5.91 Å². The predicted molar refractivity (Wildman–Crippen MR) is 83.9 cm³/mol. The highest BCUT2D eigenvalue weighted by molar-refractivity contribution is 5.75. The lowest BCUT2D eigenvalue weighted by Crippen LogP contribution is -2.25. The number of amides is 1. The normalized spacial score (nSPS) is 17.8. The molecule has 1 unspecified atom stereocenters. The fraction of sp³-hybridized carbons (Fsp3) is 0.588. The Labute approximate surface area is 127 Å². The summed E-state index contributed by atoms with van der Waals surface area (Å²) in [6.07, 6.45) is 3.73. The number of hydrogen-bond donors (Lipinski definition) is 2. The van der Waals surface area contributed by atoms with Gasteiger partial charge in [0, 0.05) is 19.6 Å². The van der Waals surface area contributed by atoms with E-state index >= 15 is 0 Å². The van der Waals surface area contributed by atoms with Gasteiger partial charge in [0.05, 0.1) is 6.61 Å². The summed E-state index contributed by atoms with van der Waals surface area (Å²) < 4.78 is 5.58. The highest BCUT2D eigenvalue weighted by atomic mass is 16.5. The van der Waals surface area contributed by atoms with Crippen LogP contribution in [-0.4, -0.2) is 32.1 Å². The quantitative estimate of drug-likeness (QED) is 0.685. The molecular weight excluding hydrogens is 264 g/mol. The third kappa shape index (κ3) is 6.74. The van der Waals surface area contributed by atoms with E-state index in [1.807, 2.05) is 18.2 Å². The molecule has 21 heavy (non-hydrogen) atoms. The average molecular weight is 290 g/mol. The number of nitrogens with one attached hydrogen (secondary N) is 2. The van der Waals surface area contributed by atoms with Crippen LogP contribution in [0, 0.1) is 5.92 Å². The Morgan fingerprint density at radius 2 is 2.19 bits per heavy atom. The maximum atomic E-state index is 11.7. The molecule has 0 bridgehead atoms. The molecular formula is C17H26N2O2. The van der Waals surface area contributed by atoms with E-state index in [-0.39, 0.29) is 5.91 Å².